The second-order valence-corrected chi connectivity index (χ2v) is 9.05. The SMILES string of the molecule is COCCCN1C(=O)C(=O)C(=C(O)c2ccc(OCc3cccc(C)c3)cc2)C1c1ccc(C)cc1. The van der Waals surface area contributed by atoms with Crippen molar-refractivity contribution in [1.29, 1.82) is 0 Å². The van der Waals surface area contributed by atoms with E-state index >= 15 is 0 Å². The van der Waals surface area contributed by atoms with Gasteiger partial charge in [-0.3, -0.25) is 9.59 Å². The van der Waals surface area contributed by atoms with Gasteiger partial charge in [0.15, 0.2) is 0 Å². The lowest BCUT2D eigenvalue weighted by molar-refractivity contribution is -0.140. The van der Waals surface area contributed by atoms with E-state index in [1.165, 1.54) is 4.90 Å². The molecule has 0 aromatic heterocycles. The molecule has 1 atom stereocenters. The number of nitrogens with zero attached hydrogens (tertiary/aromatic N) is 1. The van der Waals surface area contributed by atoms with Crippen LogP contribution in [0.4, 0.5) is 0 Å². The van der Waals surface area contributed by atoms with Crippen LogP contribution in [0.3, 0.4) is 0 Å². The number of amides is 1. The number of ether oxygens (including phenoxy) is 2. The fourth-order valence-electron chi connectivity index (χ4n) is 4.42. The molecule has 1 amide bonds. The zero-order valence-corrected chi connectivity index (χ0v) is 20.9. The van der Waals surface area contributed by atoms with Crippen LogP contribution in [-0.4, -0.2) is 42.0 Å². The summed E-state index contributed by atoms with van der Waals surface area (Å²) in [5, 5.41) is 11.2. The molecule has 1 aliphatic heterocycles. The molecule has 0 spiro atoms. The maximum Gasteiger partial charge on any atom is 0.295 e. The van der Waals surface area contributed by atoms with Gasteiger partial charge in [-0.2, -0.15) is 0 Å². The molecule has 0 radical (unpaired) electrons. The first kappa shape index (κ1) is 25.2. The number of Topliss-reactive ketones (excluding diaryl/α,β-unsaturated/α-hetero) is 1. The summed E-state index contributed by atoms with van der Waals surface area (Å²) in [5.41, 5.74) is 4.61. The van der Waals surface area contributed by atoms with Gasteiger partial charge < -0.3 is 19.5 Å². The Kier molecular flexibility index (Phi) is 7.86. The molecule has 1 aliphatic rings. The first-order chi connectivity index (χ1) is 17.4. The van der Waals surface area contributed by atoms with Gasteiger partial charge in [0.05, 0.1) is 11.6 Å². The van der Waals surface area contributed by atoms with Gasteiger partial charge in [-0.15, -0.1) is 0 Å². The smallest absolute Gasteiger partial charge is 0.295 e. The summed E-state index contributed by atoms with van der Waals surface area (Å²) in [7, 11) is 1.60. The second kappa shape index (κ2) is 11.2. The second-order valence-electron chi connectivity index (χ2n) is 9.05. The van der Waals surface area contributed by atoms with Gasteiger partial charge in [0.2, 0.25) is 0 Å². The van der Waals surface area contributed by atoms with Crippen LogP contribution in [0.2, 0.25) is 0 Å². The lowest BCUT2D eigenvalue weighted by atomic mass is 9.94. The standard InChI is InChI=1S/C30H31NO5/c1-20-8-10-23(11-9-20)27-26(29(33)30(34)31(27)16-5-17-35-3)28(32)24-12-14-25(15-13-24)36-19-22-7-4-6-21(2)18-22/h4,6-15,18,27,32H,5,16-17,19H2,1-3H3. The van der Waals surface area contributed by atoms with Crippen LogP contribution in [0.5, 0.6) is 5.75 Å². The average molecular weight is 486 g/mol. The highest BCUT2D eigenvalue weighted by Crippen LogP contribution is 2.39. The topological polar surface area (TPSA) is 76.1 Å². The van der Waals surface area contributed by atoms with Crippen molar-refractivity contribution in [3.05, 3.63) is 106 Å². The van der Waals surface area contributed by atoms with E-state index in [-0.39, 0.29) is 11.3 Å². The molecule has 1 heterocycles. The number of likely N-dealkylation sites (tertiary alicyclic amines) is 1. The van der Waals surface area contributed by atoms with E-state index in [0.717, 1.165) is 22.3 Å². The van der Waals surface area contributed by atoms with Crippen LogP contribution in [-0.2, 0) is 20.9 Å². The van der Waals surface area contributed by atoms with Crippen molar-refractivity contribution in [1.82, 2.24) is 4.90 Å². The molecule has 0 saturated carbocycles. The van der Waals surface area contributed by atoms with Gasteiger partial charge in [-0.05, 0) is 55.7 Å². The van der Waals surface area contributed by atoms with E-state index in [4.69, 9.17) is 9.47 Å². The number of rotatable bonds is 9. The first-order valence-corrected chi connectivity index (χ1v) is 12.0. The summed E-state index contributed by atoms with van der Waals surface area (Å²) in [6.07, 6.45) is 0.582. The molecule has 3 aromatic rings. The van der Waals surface area contributed by atoms with E-state index in [9.17, 15) is 14.7 Å². The predicted molar refractivity (Wildman–Crippen MR) is 139 cm³/mol. The third-order valence-corrected chi connectivity index (χ3v) is 6.30. The molecule has 6 nitrogen and oxygen atoms in total. The Morgan fingerprint density at radius 1 is 0.944 bits per heavy atom. The van der Waals surface area contributed by atoms with Gasteiger partial charge >= 0.3 is 0 Å². The van der Waals surface area contributed by atoms with Crippen molar-refractivity contribution in [3.8, 4) is 5.75 Å². The Morgan fingerprint density at radius 2 is 1.67 bits per heavy atom. The minimum absolute atomic E-state index is 0.0923. The Hall–Kier alpha value is -3.90. The summed E-state index contributed by atoms with van der Waals surface area (Å²) in [4.78, 5) is 27.6. The molecule has 1 N–H and O–H groups in total. The van der Waals surface area contributed by atoms with E-state index in [1.54, 1.807) is 31.4 Å². The van der Waals surface area contributed by atoms with E-state index in [2.05, 4.69) is 6.07 Å². The number of hydrogen-bond acceptors (Lipinski definition) is 5. The summed E-state index contributed by atoms with van der Waals surface area (Å²) < 4.78 is 11.0. The Bertz CT molecular complexity index is 1260. The number of methoxy groups -OCH3 is 1. The first-order valence-electron chi connectivity index (χ1n) is 12.0. The fraction of sp³-hybridized carbons (Fsp3) is 0.267. The van der Waals surface area contributed by atoms with Crippen LogP contribution in [0.25, 0.3) is 5.76 Å². The van der Waals surface area contributed by atoms with Crippen LogP contribution in [0.15, 0.2) is 78.4 Å². The van der Waals surface area contributed by atoms with Crippen molar-refractivity contribution in [3.63, 3.8) is 0 Å². The monoisotopic (exact) mass is 485 g/mol. The van der Waals surface area contributed by atoms with Crippen molar-refractivity contribution >= 4 is 17.4 Å². The van der Waals surface area contributed by atoms with Gasteiger partial charge in [0.1, 0.15) is 18.1 Å². The van der Waals surface area contributed by atoms with Crippen molar-refractivity contribution < 1.29 is 24.2 Å². The summed E-state index contributed by atoms with van der Waals surface area (Å²) in [6.45, 7) is 5.24. The highest BCUT2D eigenvalue weighted by molar-refractivity contribution is 6.46. The number of hydrogen-bond donors (Lipinski definition) is 1. The van der Waals surface area contributed by atoms with Crippen LogP contribution < -0.4 is 4.74 Å². The molecule has 0 bridgehead atoms. The number of aliphatic hydroxyl groups is 1. The van der Waals surface area contributed by atoms with Crippen molar-refractivity contribution in [2.24, 2.45) is 0 Å². The minimum atomic E-state index is -0.685. The molecule has 1 saturated heterocycles. The molecular weight excluding hydrogens is 454 g/mol. The zero-order valence-electron chi connectivity index (χ0n) is 20.9. The number of aryl methyl sites for hydroxylation is 2. The van der Waals surface area contributed by atoms with Gasteiger partial charge in [-0.1, -0.05) is 59.7 Å². The predicted octanol–water partition coefficient (Wildman–Crippen LogP) is 5.34. The summed E-state index contributed by atoms with van der Waals surface area (Å²) in [6, 6.07) is 22.0. The molecule has 0 aliphatic carbocycles. The summed E-state index contributed by atoms with van der Waals surface area (Å²) >= 11 is 0. The molecule has 6 heteroatoms. The maximum atomic E-state index is 13.1. The highest BCUT2D eigenvalue weighted by Gasteiger charge is 2.45. The van der Waals surface area contributed by atoms with Gasteiger partial charge in [0.25, 0.3) is 11.7 Å². The van der Waals surface area contributed by atoms with Crippen LogP contribution in [0.1, 0.15) is 40.3 Å². The fourth-order valence-corrected chi connectivity index (χ4v) is 4.42. The normalized spacial score (nSPS) is 17.0. The van der Waals surface area contributed by atoms with Gasteiger partial charge in [-0.25, -0.2) is 0 Å². The summed E-state index contributed by atoms with van der Waals surface area (Å²) in [5.74, 6) is -0.854. The average Bonchev–Trinajstić information content (AvgIpc) is 3.13. The molecular formula is C30H31NO5. The molecule has 186 valence electrons. The van der Waals surface area contributed by atoms with Crippen LogP contribution >= 0.6 is 0 Å². The Labute approximate surface area is 211 Å². The Balaban J connectivity index is 1.62. The number of carbonyl (C=O) groups excluding carboxylic acids is 2. The quantitative estimate of drug-likeness (QED) is 0.192. The third kappa shape index (κ3) is 5.50. The third-order valence-electron chi connectivity index (χ3n) is 6.30. The Morgan fingerprint density at radius 3 is 2.33 bits per heavy atom. The van der Waals surface area contributed by atoms with Crippen molar-refractivity contribution in [2.75, 3.05) is 20.3 Å². The lowest BCUT2D eigenvalue weighted by Crippen LogP contribution is -2.31. The number of ketones is 1. The molecule has 3 aromatic carbocycles. The highest BCUT2D eigenvalue weighted by atomic mass is 16.5. The molecule has 1 fully saturated rings. The number of carbonyl (C=O) groups is 2. The van der Waals surface area contributed by atoms with E-state index in [1.807, 2.05) is 56.3 Å². The molecule has 36 heavy (non-hydrogen) atoms. The number of benzene rings is 3. The molecule has 4 rings (SSSR count). The van der Waals surface area contributed by atoms with E-state index < -0.39 is 17.7 Å². The minimum Gasteiger partial charge on any atom is -0.507 e. The van der Waals surface area contributed by atoms with Crippen LogP contribution in [0, 0.1) is 13.8 Å². The largest absolute Gasteiger partial charge is 0.507 e. The molecule has 1 unspecified atom stereocenters. The van der Waals surface area contributed by atoms with Gasteiger partial charge in [0, 0.05) is 25.8 Å². The lowest BCUT2D eigenvalue weighted by Gasteiger charge is -2.25. The maximum absolute atomic E-state index is 13.1. The van der Waals surface area contributed by atoms with Crippen molar-refractivity contribution in [2.45, 2.75) is 32.9 Å². The number of aliphatic hydroxyl groups excluding tert-OH is 1. The van der Waals surface area contributed by atoms with E-state index in [0.29, 0.717) is 37.5 Å². The zero-order chi connectivity index (χ0) is 25.7.